The fourth-order valence-electron chi connectivity index (χ4n) is 3.35. The number of hydrogen-bond donors (Lipinski definition) is 1. The number of halogens is 6. The van der Waals surface area contributed by atoms with E-state index in [9.17, 15) is 26.3 Å². The molecule has 166 valence electrons. The summed E-state index contributed by atoms with van der Waals surface area (Å²) in [5.41, 5.74) is -1.23. The first-order valence-electron chi connectivity index (χ1n) is 9.46. The summed E-state index contributed by atoms with van der Waals surface area (Å²) in [5, 5.41) is 3.14. The molecule has 0 spiro atoms. The molecule has 0 fully saturated rings. The van der Waals surface area contributed by atoms with E-state index in [0.29, 0.717) is 12.1 Å². The number of benzene rings is 2. The molecule has 1 N–H and O–H groups in total. The molecule has 2 aromatic rings. The molecule has 1 heterocycles. The molecule has 3 rings (SSSR count). The zero-order valence-corrected chi connectivity index (χ0v) is 16.6. The van der Waals surface area contributed by atoms with Crippen molar-refractivity contribution in [2.75, 3.05) is 13.6 Å². The molecule has 9 heteroatoms. The zero-order valence-electron chi connectivity index (χ0n) is 16.6. The minimum atomic E-state index is -4.95. The summed E-state index contributed by atoms with van der Waals surface area (Å²) in [6, 6.07) is 17.0. The van der Waals surface area contributed by atoms with Gasteiger partial charge in [-0.1, -0.05) is 60.7 Å². The highest BCUT2D eigenvalue weighted by atomic mass is 19.4. The van der Waals surface area contributed by atoms with Gasteiger partial charge in [0.15, 0.2) is 0 Å². The lowest BCUT2D eigenvalue weighted by molar-refractivity contribution is -0.133. The molecule has 2 aromatic carbocycles. The van der Waals surface area contributed by atoms with Crippen molar-refractivity contribution in [1.82, 2.24) is 15.1 Å². The Hall–Kier alpha value is -2.94. The maximum atomic E-state index is 13.5. The van der Waals surface area contributed by atoms with E-state index < -0.39 is 29.8 Å². The molecule has 0 radical (unpaired) electrons. The second-order valence-corrected chi connectivity index (χ2v) is 7.07. The summed E-state index contributed by atoms with van der Waals surface area (Å²) < 4.78 is 81.1. The van der Waals surface area contributed by atoms with Crippen LogP contribution < -0.4 is 5.32 Å². The highest BCUT2D eigenvalue weighted by Gasteiger charge is 2.47. The monoisotopic (exact) mass is 441 g/mol. The Morgan fingerprint density at radius 1 is 0.774 bits per heavy atom. The predicted octanol–water partition coefficient (Wildman–Crippen LogP) is 5.57. The first-order chi connectivity index (χ1) is 14.6. The molecule has 31 heavy (non-hydrogen) atoms. The van der Waals surface area contributed by atoms with E-state index in [2.05, 4.69) is 5.32 Å². The number of alkyl halides is 6. The van der Waals surface area contributed by atoms with Crippen LogP contribution in [0.4, 0.5) is 26.3 Å². The summed E-state index contributed by atoms with van der Waals surface area (Å²) in [6.45, 7) is 0.551. The van der Waals surface area contributed by atoms with Gasteiger partial charge >= 0.3 is 12.4 Å². The average Bonchev–Trinajstić information content (AvgIpc) is 2.71. The van der Waals surface area contributed by atoms with Crippen LogP contribution in [0.5, 0.6) is 0 Å². The Morgan fingerprint density at radius 2 is 1.26 bits per heavy atom. The molecule has 0 amide bonds. The average molecular weight is 441 g/mol. The molecule has 1 aliphatic heterocycles. The van der Waals surface area contributed by atoms with Crippen LogP contribution in [0.25, 0.3) is 0 Å². The molecule has 3 nitrogen and oxygen atoms in total. The first-order valence-corrected chi connectivity index (χ1v) is 9.46. The van der Waals surface area contributed by atoms with Gasteiger partial charge in [-0.3, -0.25) is 0 Å². The third-order valence-corrected chi connectivity index (χ3v) is 4.90. The summed E-state index contributed by atoms with van der Waals surface area (Å²) in [4.78, 5) is 1.12. The van der Waals surface area contributed by atoms with Crippen LogP contribution in [0.3, 0.4) is 0 Å². The van der Waals surface area contributed by atoms with E-state index in [4.69, 9.17) is 0 Å². The van der Waals surface area contributed by atoms with Crippen molar-refractivity contribution < 1.29 is 26.3 Å². The SMILES string of the molecule is CN1C(C(F)(F)F)=CN(C(CNCc2ccccc2)c2ccccc2)C=C1C(F)(F)F. The van der Waals surface area contributed by atoms with Crippen molar-refractivity contribution >= 4 is 0 Å². The maximum Gasteiger partial charge on any atom is 0.432 e. The second kappa shape index (κ2) is 9.05. The van der Waals surface area contributed by atoms with Gasteiger partial charge in [0.2, 0.25) is 0 Å². The normalized spacial score (nSPS) is 16.1. The van der Waals surface area contributed by atoms with E-state index in [1.165, 1.54) is 0 Å². The Balaban J connectivity index is 1.95. The molecule has 0 aliphatic carbocycles. The third-order valence-electron chi connectivity index (χ3n) is 4.90. The maximum absolute atomic E-state index is 13.5. The van der Waals surface area contributed by atoms with Gasteiger partial charge in [-0.25, -0.2) is 0 Å². The summed E-state index contributed by atoms with van der Waals surface area (Å²) in [5.74, 6) is 0. The number of allylic oxidation sites excluding steroid dienone is 2. The first kappa shape index (κ1) is 22.7. The molecule has 1 atom stereocenters. The van der Waals surface area contributed by atoms with E-state index in [1.807, 2.05) is 30.3 Å². The third kappa shape index (κ3) is 5.61. The molecule has 0 aromatic heterocycles. The molecule has 0 saturated heterocycles. The highest BCUT2D eigenvalue weighted by molar-refractivity contribution is 5.29. The van der Waals surface area contributed by atoms with Crippen molar-refractivity contribution in [2.24, 2.45) is 0 Å². The topological polar surface area (TPSA) is 18.5 Å². The summed E-state index contributed by atoms with van der Waals surface area (Å²) in [7, 11) is 0.765. The molecule has 1 aliphatic rings. The van der Waals surface area contributed by atoms with Gasteiger partial charge in [-0.05, 0) is 11.1 Å². The fraction of sp³-hybridized carbons (Fsp3) is 0.273. The van der Waals surface area contributed by atoms with Crippen LogP contribution in [-0.2, 0) is 6.54 Å². The van der Waals surface area contributed by atoms with Crippen molar-refractivity contribution in [1.29, 1.82) is 0 Å². The smallest absolute Gasteiger partial charge is 0.341 e. The minimum Gasteiger partial charge on any atom is -0.341 e. The largest absolute Gasteiger partial charge is 0.432 e. The molecular formula is C22H21F6N3. The van der Waals surface area contributed by atoms with Crippen LogP contribution in [0.15, 0.2) is 84.5 Å². The van der Waals surface area contributed by atoms with Gasteiger partial charge in [0.25, 0.3) is 0 Å². The van der Waals surface area contributed by atoms with Crippen molar-refractivity contribution in [3.63, 3.8) is 0 Å². The van der Waals surface area contributed by atoms with Crippen molar-refractivity contribution in [3.8, 4) is 0 Å². The Kier molecular flexibility index (Phi) is 6.64. The summed E-state index contributed by atoms with van der Waals surface area (Å²) in [6.07, 6.45) is -8.46. The van der Waals surface area contributed by atoms with E-state index >= 15 is 0 Å². The Labute approximate surface area is 176 Å². The van der Waals surface area contributed by atoms with Crippen LogP contribution in [0.2, 0.25) is 0 Å². The van der Waals surface area contributed by atoms with Gasteiger partial charge in [-0.2, -0.15) is 26.3 Å². The number of rotatable bonds is 6. The van der Waals surface area contributed by atoms with Crippen LogP contribution in [-0.4, -0.2) is 35.7 Å². The molecule has 0 saturated carbocycles. The number of hydrogen-bond acceptors (Lipinski definition) is 3. The van der Waals surface area contributed by atoms with E-state index in [-0.39, 0.29) is 11.4 Å². The fourth-order valence-corrected chi connectivity index (χ4v) is 3.35. The van der Waals surface area contributed by atoms with Gasteiger partial charge in [0.05, 0.1) is 6.04 Å². The van der Waals surface area contributed by atoms with Crippen molar-refractivity contribution in [3.05, 3.63) is 95.6 Å². The molecular weight excluding hydrogens is 420 g/mol. The summed E-state index contributed by atoms with van der Waals surface area (Å²) >= 11 is 0. The molecule has 0 bridgehead atoms. The highest BCUT2D eigenvalue weighted by Crippen LogP contribution is 2.40. The number of nitrogens with zero attached hydrogens (tertiary/aromatic N) is 2. The quantitative estimate of drug-likeness (QED) is 0.591. The van der Waals surface area contributed by atoms with E-state index in [1.54, 1.807) is 30.3 Å². The Morgan fingerprint density at radius 3 is 1.74 bits per heavy atom. The number of nitrogens with one attached hydrogen (secondary N) is 1. The lowest BCUT2D eigenvalue weighted by atomic mass is 10.0. The minimum absolute atomic E-state index is 0.131. The second-order valence-electron chi connectivity index (χ2n) is 7.07. The van der Waals surface area contributed by atoms with Gasteiger partial charge < -0.3 is 15.1 Å². The predicted molar refractivity (Wildman–Crippen MR) is 105 cm³/mol. The lowest BCUT2D eigenvalue weighted by Crippen LogP contribution is -2.41. The van der Waals surface area contributed by atoms with E-state index in [0.717, 1.165) is 29.9 Å². The van der Waals surface area contributed by atoms with Gasteiger partial charge in [0, 0.05) is 32.5 Å². The van der Waals surface area contributed by atoms with Crippen LogP contribution in [0, 0.1) is 0 Å². The molecule has 1 unspecified atom stereocenters. The zero-order chi connectivity index (χ0) is 22.6. The van der Waals surface area contributed by atoms with Gasteiger partial charge in [0.1, 0.15) is 11.4 Å². The van der Waals surface area contributed by atoms with Crippen LogP contribution >= 0.6 is 0 Å². The lowest BCUT2D eigenvalue weighted by Gasteiger charge is -2.38. The van der Waals surface area contributed by atoms with Crippen molar-refractivity contribution in [2.45, 2.75) is 24.9 Å². The van der Waals surface area contributed by atoms with Gasteiger partial charge in [-0.15, -0.1) is 0 Å². The standard InChI is InChI=1S/C22H21F6N3/c1-30-19(21(23,24)25)14-31(15-20(30)22(26,27)28)18(17-10-6-3-7-11-17)13-29-12-16-8-4-2-5-9-16/h2-11,14-15,18,29H,12-13H2,1H3. The van der Waals surface area contributed by atoms with Crippen LogP contribution in [0.1, 0.15) is 17.2 Å². The Bertz CT molecular complexity index is 888.